The van der Waals surface area contributed by atoms with Gasteiger partial charge in [-0.2, -0.15) is 0 Å². The summed E-state index contributed by atoms with van der Waals surface area (Å²) in [5, 5.41) is 0. The lowest BCUT2D eigenvalue weighted by atomic mass is 10.2. The third kappa shape index (κ3) is 2.85. The Kier molecular flexibility index (Phi) is 3.19. The molecule has 1 heterocycles. The number of methoxy groups -OCH3 is 1. The second-order valence-corrected chi connectivity index (χ2v) is 4.39. The Bertz CT molecular complexity index is 409. The SMILES string of the molecule is COc1cc(CN2CCC(F)(F)C2)ccc1N. The number of nitrogen functional groups attached to an aromatic ring is 1. The molecule has 1 aliphatic heterocycles. The van der Waals surface area contributed by atoms with E-state index in [1.807, 2.05) is 6.07 Å². The largest absolute Gasteiger partial charge is 0.495 e. The monoisotopic (exact) mass is 242 g/mol. The Morgan fingerprint density at radius 1 is 1.47 bits per heavy atom. The number of hydrogen-bond acceptors (Lipinski definition) is 3. The quantitative estimate of drug-likeness (QED) is 0.825. The molecule has 17 heavy (non-hydrogen) atoms. The van der Waals surface area contributed by atoms with Crippen LogP contribution in [0.3, 0.4) is 0 Å². The van der Waals surface area contributed by atoms with Crippen LogP contribution in [0.2, 0.25) is 0 Å². The average Bonchev–Trinajstić information content (AvgIpc) is 2.61. The first-order chi connectivity index (χ1) is 8.00. The molecule has 0 unspecified atom stereocenters. The van der Waals surface area contributed by atoms with Gasteiger partial charge in [0.05, 0.1) is 19.3 Å². The predicted octanol–water partition coefficient (Wildman–Crippen LogP) is 2.12. The maximum atomic E-state index is 13.0. The molecular formula is C12H16F2N2O. The number of halogens is 2. The van der Waals surface area contributed by atoms with Gasteiger partial charge in [-0.15, -0.1) is 0 Å². The van der Waals surface area contributed by atoms with Crippen LogP contribution in [0, 0.1) is 0 Å². The van der Waals surface area contributed by atoms with Gasteiger partial charge < -0.3 is 10.5 Å². The molecule has 5 heteroatoms. The summed E-state index contributed by atoms with van der Waals surface area (Å²) >= 11 is 0. The zero-order chi connectivity index (χ0) is 12.5. The molecule has 1 saturated heterocycles. The molecule has 1 fully saturated rings. The highest BCUT2D eigenvalue weighted by Gasteiger charge is 2.37. The molecular weight excluding hydrogens is 226 g/mol. The van der Waals surface area contributed by atoms with Crippen molar-refractivity contribution in [3.8, 4) is 5.75 Å². The normalized spacial score (nSPS) is 19.5. The average molecular weight is 242 g/mol. The number of benzene rings is 1. The third-order valence-electron chi connectivity index (χ3n) is 2.95. The number of nitrogens with zero attached hydrogens (tertiary/aromatic N) is 1. The van der Waals surface area contributed by atoms with Crippen LogP contribution in [0.25, 0.3) is 0 Å². The second kappa shape index (κ2) is 4.49. The lowest BCUT2D eigenvalue weighted by molar-refractivity contribution is 0.0115. The van der Waals surface area contributed by atoms with Crippen LogP contribution in [-0.4, -0.2) is 31.0 Å². The smallest absolute Gasteiger partial charge is 0.261 e. The highest BCUT2D eigenvalue weighted by atomic mass is 19.3. The molecule has 0 radical (unpaired) electrons. The van der Waals surface area contributed by atoms with E-state index in [0.29, 0.717) is 24.5 Å². The van der Waals surface area contributed by atoms with Gasteiger partial charge in [0.1, 0.15) is 5.75 Å². The fourth-order valence-corrected chi connectivity index (χ4v) is 2.05. The van der Waals surface area contributed by atoms with Crippen LogP contribution >= 0.6 is 0 Å². The van der Waals surface area contributed by atoms with E-state index in [1.165, 1.54) is 0 Å². The third-order valence-corrected chi connectivity index (χ3v) is 2.95. The lowest BCUT2D eigenvalue weighted by Crippen LogP contribution is -2.24. The van der Waals surface area contributed by atoms with Crippen molar-refractivity contribution >= 4 is 5.69 Å². The van der Waals surface area contributed by atoms with E-state index < -0.39 is 5.92 Å². The molecule has 0 saturated carbocycles. The first-order valence-electron chi connectivity index (χ1n) is 5.53. The molecule has 0 spiro atoms. The molecule has 0 bridgehead atoms. The summed E-state index contributed by atoms with van der Waals surface area (Å²) in [6, 6.07) is 5.38. The molecule has 94 valence electrons. The van der Waals surface area contributed by atoms with E-state index >= 15 is 0 Å². The van der Waals surface area contributed by atoms with Crippen molar-refractivity contribution in [3.05, 3.63) is 23.8 Å². The van der Waals surface area contributed by atoms with Gasteiger partial charge in [0.15, 0.2) is 0 Å². The topological polar surface area (TPSA) is 38.5 Å². The van der Waals surface area contributed by atoms with E-state index in [1.54, 1.807) is 24.1 Å². The zero-order valence-electron chi connectivity index (χ0n) is 9.75. The van der Waals surface area contributed by atoms with Crippen LogP contribution in [-0.2, 0) is 6.54 Å². The van der Waals surface area contributed by atoms with Crippen LogP contribution in [0.1, 0.15) is 12.0 Å². The zero-order valence-corrected chi connectivity index (χ0v) is 9.75. The van der Waals surface area contributed by atoms with Gasteiger partial charge in [-0.25, -0.2) is 8.78 Å². The van der Waals surface area contributed by atoms with E-state index in [2.05, 4.69) is 0 Å². The molecule has 1 aromatic carbocycles. The molecule has 0 aliphatic carbocycles. The molecule has 0 amide bonds. The number of ether oxygens (including phenoxy) is 1. The van der Waals surface area contributed by atoms with Crippen molar-refractivity contribution < 1.29 is 13.5 Å². The van der Waals surface area contributed by atoms with E-state index in [0.717, 1.165) is 5.56 Å². The minimum absolute atomic E-state index is 0.0564. The van der Waals surface area contributed by atoms with Gasteiger partial charge in [0.25, 0.3) is 5.92 Å². The molecule has 2 rings (SSSR count). The standard InChI is InChI=1S/C12H16F2N2O/c1-17-11-6-9(2-3-10(11)15)7-16-5-4-12(13,14)8-16/h2-3,6H,4-5,7-8,15H2,1H3. The van der Waals surface area contributed by atoms with E-state index in [9.17, 15) is 8.78 Å². The van der Waals surface area contributed by atoms with Crippen molar-refractivity contribution in [2.24, 2.45) is 0 Å². The van der Waals surface area contributed by atoms with Crippen LogP contribution in [0.15, 0.2) is 18.2 Å². The summed E-state index contributed by atoms with van der Waals surface area (Å²) in [5.41, 5.74) is 7.19. The van der Waals surface area contributed by atoms with E-state index in [4.69, 9.17) is 10.5 Å². The lowest BCUT2D eigenvalue weighted by Gasteiger charge is -2.16. The van der Waals surface area contributed by atoms with Crippen molar-refractivity contribution in [1.29, 1.82) is 0 Å². The Balaban J connectivity index is 2.04. The maximum Gasteiger partial charge on any atom is 0.261 e. The minimum Gasteiger partial charge on any atom is -0.495 e. The summed E-state index contributed by atoms with van der Waals surface area (Å²) in [6.45, 7) is 0.769. The van der Waals surface area contributed by atoms with Crippen LogP contribution < -0.4 is 10.5 Å². The number of hydrogen-bond donors (Lipinski definition) is 1. The molecule has 3 nitrogen and oxygen atoms in total. The molecule has 2 N–H and O–H groups in total. The maximum absolute atomic E-state index is 13.0. The Hall–Kier alpha value is -1.36. The van der Waals surface area contributed by atoms with Crippen LogP contribution in [0.4, 0.5) is 14.5 Å². The number of anilines is 1. The van der Waals surface area contributed by atoms with Crippen molar-refractivity contribution in [2.75, 3.05) is 25.9 Å². The van der Waals surface area contributed by atoms with Crippen molar-refractivity contribution in [3.63, 3.8) is 0 Å². The highest BCUT2D eigenvalue weighted by Crippen LogP contribution is 2.29. The van der Waals surface area contributed by atoms with Gasteiger partial charge in [-0.05, 0) is 17.7 Å². The number of alkyl halides is 2. The fourth-order valence-electron chi connectivity index (χ4n) is 2.05. The first kappa shape index (κ1) is 12.1. The summed E-state index contributed by atoms with van der Waals surface area (Å²) in [6.07, 6.45) is -0.0564. The molecule has 1 aliphatic rings. The fraction of sp³-hybridized carbons (Fsp3) is 0.500. The summed E-state index contributed by atoms with van der Waals surface area (Å²) < 4.78 is 31.1. The number of rotatable bonds is 3. The second-order valence-electron chi connectivity index (χ2n) is 4.39. The van der Waals surface area contributed by atoms with Gasteiger partial charge >= 0.3 is 0 Å². The Morgan fingerprint density at radius 2 is 2.24 bits per heavy atom. The number of likely N-dealkylation sites (tertiary alicyclic amines) is 1. The number of nitrogens with two attached hydrogens (primary N) is 1. The Labute approximate surface area is 99.2 Å². The Morgan fingerprint density at radius 3 is 2.82 bits per heavy atom. The predicted molar refractivity (Wildman–Crippen MR) is 62.2 cm³/mol. The van der Waals surface area contributed by atoms with Crippen molar-refractivity contribution in [2.45, 2.75) is 18.9 Å². The summed E-state index contributed by atoms with van der Waals surface area (Å²) in [5.74, 6) is -1.95. The summed E-state index contributed by atoms with van der Waals surface area (Å²) in [7, 11) is 1.54. The van der Waals surface area contributed by atoms with Gasteiger partial charge in [-0.3, -0.25) is 4.90 Å². The highest BCUT2D eigenvalue weighted by molar-refractivity contribution is 5.53. The molecule has 0 aromatic heterocycles. The molecule has 1 aromatic rings. The van der Waals surface area contributed by atoms with Gasteiger partial charge in [0, 0.05) is 19.5 Å². The van der Waals surface area contributed by atoms with Gasteiger partial charge in [0.2, 0.25) is 0 Å². The summed E-state index contributed by atoms with van der Waals surface area (Å²) in [4.78, 5) is 1.74. The van der Waals surface area contributed by atoms with Gasteiger partial charge in [-0.1, -0.05) is 6.07 Å². The first-order valence-corrected chi connectivity index (χ1v) is 5.53. The molecule has 0 atom stereocenters. The van der Waals surface area contributed by atoms with E-state index in [-0.39, 0.29) is 13.0 Å². The van der Waals surface area contributed by atoms with Crippen molar-refractivity contribution in [1.82, 2.24) is 4.90 Å². The van der Waals surface area contributed by atoms with Crippen LogP contribution in [0.5, 0.6) is 5.75 Å². The minimum atomic E-state index is -2.54.